The minimum atomic E-state index is 0.641. The zero-order valence-corrected chi connectivity index (χ0v) is 13.4. The first-order chi connectivity index (χ1) is 10.3. The van der Waals surface area contributed by atoms with Crippen molar-refractivity contribution in [1.29, 1.82) is 0 Å². The molecule has 0 saturated heterocycles. The number of benzene rings is 1. The molecule has 21 heavy (non-hydrogen) atoms. The molecule has 2 aromatic rings. The summed E-state index contributed by atoms with van der Waals surface area (Å²) in [6.45, 7) is 7.20. The van der Waals surface area contributed by atoms with E-state index in [4.69, 9.17) is 9.47 Å². The van der Waals surface area contributed by atoms with Crippen molar-refractivity contribution in [2.45, 2.75) is 26.8 Å². The first-order valence-electron chi connectivity index (χ1n) is 7.31. The van der Waals surface area contributed by atoms with Crippen molar-refractivity contribution in [3.8, 4) is 11.5 Å². The molecule has 0 aliphatic rings. The van der Waals surface area contributed by atoms with Crippen LogP contribution in [0.2, 0.25) is 0 Å². The number of ether oxygens (including phenoxy) is 2. The Kier molecular flexibility index (Phi) is 6.50. The number of hydrogen-bond donors (Lipinski definition) is 1. The van der Waals surface area contributed by atoms with E-state index in [1.165, 1.54) is 0 Å². The number of hydrogen-bond acceptors (Lipinski definition) is 5. The van der Waals surface area contributed by atoms with Gasteiger partial charge in [-0.1, -0.05) is 6.92 Å². The summed E-state index contributed by atoms with van der Waals surface area (Å²) >= 11 is 1.69. The molecule has 2 rings (SSSR count). The summed E-state index contributed by atoms with van der Waals surface area (Å²) in [7, 11) is 0. The van der Waals surface area contributed by atoms with Gasteiger partial charge in [0.2, 0.25) is 0 Å². The van der Waals surface area contributed by atoms with E-state index >= 15 is 0 Å². The second kappa shape index (κ2) is 8.64. The summed E-state index contributed by atoms with van der Waals surface area (Å²) in [5, 5.41) is 6.50. The van der Waals surface area contributed by atoms with Crippen molar-refractivity contribution in [3.63, 3.8) is 0 Å². The van der Waals surface area contributed by atoms with Gasteiger partial charge in [-0.2, -0.15) is 0 Å². The number of nitrogens with one attached hydrogen (secondary N) is 1. The van der Waals surface area contributed by atoms with E-state index in [1.54, 1.807) is 11.3 Å². The van der Waals surface area contributed by atoms with Gasteiger partial charge >= 0.3 is 0 Å². The van der Waals surface area contributed by atoms with Crippen LogP contribution in [0.5, 0.6) is 11.5 Å². The molecule has 5 heteroatoms. The van der Waals surface area contributed by atoms with Crippen LogP contribution >= 0.6 is 11.3 Å². The summed E-state index contributed by atoms with van der Waals surface area (Å²) < 4.78 is 11.1. The van der Waals surface area contributed by atoms with Gasteiger partial charge in [0.25, 0.3) is 0 Å². The molecule has 1 heterocycles. The SMILES string of the molecule is CCNCc1csc(CCOc2ccc(OCC)cc2)n1. The lowest BCUT2D eigenvalue weighted by Crippen LogP contribution is -2.12. The van der Waals surface area contributed by atoms with Crippen LogP contribution in [0.4, 0.5) is 0 Å². The summed E-state index contributed by atoms with van der Waals surface area (Å²) in [5.74, 6) is 1.74. The molecule has 0 bridgehead atoms. The van der Waals surface area contributed by atoms with Crippen molar-refractivity contribution in [2.24, 2.45) is 0 Å². The maximum absolute atomic E-state index is 5.73. The molecule has 0 saturated carbocycles. The highest BCUT2D eigenvalue weighted by molar-refractivity contribution is 7.09. The third-order valence-electron chi connectivity index (χ3n) is 2.87. The normalized spacial score (nSPS) is 10.6. The Morgan fingerprint density at radius 3 is 2.48 bits per heavy atom. The Morgan fingerprint density at radius 1 is 1.10 bits per heavy atom. The molecule has 0 amide bonds. The fourth-order valence-electron chi connectivity index (χ4n) is 1.85. The zero-order chi connectivity index (χ0) is 14.9. The molecule has 0 unspecified atom stereocenters. The maximum Gasteiger partial charge on any atom is 0.119 e. The van der Waals surface area contributed by atoms with Crippen LogP contribution in [0.15, 0.2) is 29.6 Å². The summed E-state index contributed by atoms with van der Waals surface area (Å²) in [6, 6.07) is 7.72. The van der Waals surface area contributed by atoms with Crippen LogP contribution < -0.4 is 14.8 Å². The monoisotopic (exact) mass is 306 g/mol. The van der Waals surface area contributed by atoms with Crippen LogP contribution in [-0.2, 0) is 13.0 Å². The first kappa shape index (κ1) is 15.8. The summed E-state index contributed by atoms with van der Waals surface area (Å²) in [5.41, 5.74) is 1.11. The molecule has 0 aliphatic heterocycles. The number of aromatic nitrogens is 1. The third-order valence-corrected chi connectivity index (χ3v) is 3.83. The lowest BCUT2D eigenvalue weighted by atomic mass is 10.3. The van der Waals surface area contributed by atoms with E-state index in [-0.39, 0.29) is 0 Å². The minimum absolute atomic E-state index is 0.641. The van der Waals surface area contributed by atoms with Gasteiger partial charge in [-0.25, -0.2) is 4.98 Å². The average Bonchev–Trinajstić information content (AvgIpc) is 2.95. The largest absolute Gasteiger partial charge is 0.494 e. The van der Waals surface area contributed by atoms with Crippen LogP contribution in [0.25, 0.3) is 0 Å². The van der Waals surface area contributed by atoms with Crippen LogP contribution in [0.1, 0.15) is 24.5 Å². The zero-order valence-electron chi connectivity index (χ0n) is 12.6. The average molecular weight is 306 g/mol. The van der Waals surface area contributed by atoms with Gasteiger partial charge < -0.3 is 14.8 Å². The van der Waals surface area contributed by atoms with Gasteiger partial charge in [0.05, 0.1) is 23.9 Å². The Hall–Kier alpha value is -1.59. The first-order valence-corrected chi connectivity index (χ1v) is 8.19. The Morgan fingerprint density at radius 2 is 1.81 bits per heavy atom. The molecule has 114 valence electrons. The lowest BCUT2D eigenvalue weighted by molar-refractivity contribution is 0.318. The number of thiazole rings is 1. The minimum Gasteiger partial charge on any atom is -0.494 e. The molecule has 0 spiro atoms. The van der Waals surface area contributed by atoms with Crippen molar-refractivity contribution < 1.29 is 9.47 Å². The molecular weight excluding hydrogens is 284 g/mol. The topological polar surface area (TPSA) is 43.4 Å². The second-order valence-corrected chi connectivity index (χ2v) is 5.46. The number of rotatable bonds is 9. The van der Waals surface area contributed by atoms with Crippen LogP contribution in [-0.4, -0.2) is 24.7 Å². The van der Waals surface area contributed by atoms with Gasteiger partial charge in [-0.05, 0) is 37.7 Å². The second-order valence-electron chi connectivity index (χ2n) is 4.52. The lowest BCUT2D eigenvalue weighted by Gasteiger charge is -2.06. The number of nitrogens with zero attached hydrogens (tertiary/aromatic N) is 1. The molecule has 4 nitrogen and oxygen atoms in total. The molecule has 0 aliphatic carbocycles. The van der Waals surface area contributed by atoms with Crippen molar-refractivity contribution in [3.05, 3.63) is 40.3 Å². The van der Waals surface area contributed by atoms with Gasteiger partial charge in [-0.15, -0.1) is 11.3 Å². The Labute approximate surface area is 130 Å². The van der Waals surface area contributed by atoms with Gasteiger partial charge in [-0.3, -0.25) is 0 Å². The van der Waals surface area contributed by atoms with Crippen LogP contribution in [0.3, 0.4) is 0 Å². The van der Waals surface area contributed by atoms with Crippen LogP contribution in [0, 0.1) is 0 Å². The van der Waals surface area contributed by atoms with Gasteiger partial charge in [0.1, 0.15) is 11.5 Å². The van der Waals surface area contributed by atoms with Crippen molar-refractivity contribution in [1.82, 2.24) is 10.3 Å². The molecular formula is C16H22N2O2S. The highest BCUT2D eigenvalue weighted by Crippen LogP contribution is 2.18. The molecule has 0 atom stereocenters. The molecule has 0 radical (unpaired) electrons. The Balaban J connectivity index is 1.74. The van der Waals surface area contributed by atoms with E-state index < -0.39 is 0 Å². The smallest absolute Gasteiger partial charge is 0.119 e. The van der Waals surface area contributed by atoms with Crippen molar-refractivity contribution in [2.75, 3.05) is 19.8 Å². The molecule has 0 fully saturated rings. The molecule has 1 N–H and O–H groups in total. The quantitative estimate of drug-likeness (QED) is 0.772. The highest BCUT2D eigenvalue weighted by atomic mass is 32.1. The van der Waals surface area contributed by atoms with Crippen molar-refractivity contribution >= 4 is 11.3 Å². The summed E-state index contributed by atoms with van der Waals surface area (Å²) in [4.78, 5) is 4.57. The van der Waals surface area contributed by atoms with E-state index in [0.29, 0.717) is 13.2 Å². The Bertz CT molecular complexity index is 525. The highest BCUT2D eigenvalue weighted by Gasteiger charge is 2.02. The summed E-state index contributed by atoms with van der Waals surface area (Å²) in [6.07, 6.45) is 0.837. The fraction of sp³-hybridized carbons (Fsp3) is 0.438. The van der Waals surface area contributed by atoms with Gasteiger partial charge in [0, 0.05) is 18.3 Å². The molecule has 1 aromatic heterocycles. The maximum atomic E-state index is 5.73. The predicted molar refractivity (Wildman–Crippen MR) is 86.3 cm³/mol. The third kappa shape index (κ3) is 5.36. The van der Waals surface area contributed by atoms with E-state index in [2.05, 4.69) is 22.6 Å². The predicted octanol–water partition coefficient (Wildman–Crippen LogP) is 3.27. The van der Waals surface area contributed by atoms with E-state index in [1.807, 2.05) is 31.2 Å². The molecule has 1 aromatic carbocycles. The van der Waals surface area contributed by atoms with E-state index in [9.17, 15) is 0 Å². The van der Waals surface area contributed by atoms with E-state index in [0.717, 1.165) is 41.7 Å². The fourth-order valence-corrected chi connectivity index (χ4v) is 2.63. The van der Waals surface area contributed by atoms with Gasteiger partial charge in [0.15, 0.2) is 0 Å². The standard InChI is InChI=1S/C16H22N2O2S/c1-3-17-11-13-12-21-16(18-13)9-10-20-15-7-5-14(6-8-15)19-4-2/h5-8,12,17H,3-4,9-11H2,1-2H3.